The van der Waals surface area contributed by atoms with E-state index in [1.807, 2.05) is 91.0 Å². The zero-order valence-electron chi connectivity index (χ0n) is 15.0. The topological polar surface area (TPSA) is 69.1 Å². The van der Waals surface area contributed by atoms with Crippen molar-refractivity contribution in [3.8, 4) is 22.6 Å². The first-order valence-electron chi connectivity index (χ1n) is 8.85. The molecule has 0 bridgehead atoms. The summed E-state index contributed by atoms with van der Waals surface area (Å²) in [5.41, 5.74) is 9.09. The van der Waals surface area contributed by atoms with E-state index in [1.54, 1.807) is 0 Å². The van der Waals surface area contributed by atoms with Crippen LogP contribution in [-0.4, -0.2) is 10.9 Å². The van der Waals surface area contributed by atoms with Crippen LogP contribution >= 0.6 is 11.8 Å². The Labute approximate surface area is 167 Å². The van der Waals surface area contributed by atoms with Gasteiger partial charge in [0.1, 0.15) is 10.9 Å². The van der Waals surface area contributed by atoms with Crippen molar-refractivity contribution in [3.05, 3.63) is 96.6 Å². The van der Waals surface area contributed by atoms with Crippen molar-refractivity contribution in [1.82, 2.24) is 4.98 Å². The highest BCUT2D eigenvalue weighted by atomic mass is 32.2. The van der Waals surface area contributed by atoms with E-state index in [1.165, 1.54) is 11.8 Å². The summed E-state index contributed by atoms with van der Waals surface area (Å²) >= 11 is 1.22. The number of rotatable bonds is 6. The second-order valence-corrected chi connectivity index (χ2v) is 7.26. The summed E-state index contributed by atoms with van der Waals surface area (Å²) in [7, 11) is 0. The molecule has 0 fully saturated rings. The Morgan fingerprint density at radius 2 is 1.36 bits per heavy atom. The molecule has 0 radical (unpaired) electrons. The molecule has 28 heavy (non-hydrogen) atoms. The quantitative estimate of drug-likeness (QED) is 0.455. The monoisotopic (exact) mass is 386 g/mol. The average molecular weight is 386 g/mol. The van der Waals surface area contributed by atoms with Gasteiger partial charge in [-0.05, 0) is 17.3 Å². The van der Waals surface area contributed by atoms with Crippen LogP contribution in [0.1, 0.15) is 10.8 Å². The van der Waals surface area contributed by atoms with E-state index in [-0.39, 0.29) is 0 Å². The van der Waals surface area contributed by atoms with Crippen molar-refractivity contribution < 1.29 is 9.21 Å². The summed E-state index contributed by atoms with van der Waals surface area (Å²) in [6.45, 7) is 0. The third kappa shape index (κ3) is 3.85. The van der Waals surface area contributed by atoms with E-state index in [9.17, 15) is 4.79 Å². The highest BCUT2D eigenvalue weighted by molar-refractivity contribution is 8.00. The van der Waals surface area contributed by atoms with Crippen molar-refractivity contribution >= 4 is 17.7 Å². The number of carbonyl (C=O) groups excluding carboxylic acids is 1. The van der Waals surface area contributed by atoms with Gasteiger partial charge in [0, 0.05) is 11.1 Å². The van der Waals surface area contributed by atoms with Gasteiger partial charge in [-0.3, -0.25) is 4.79 Å². The lowest BCUT2D eigenvalue weighted by Crippen LogP contribution is -2.18. The average Bonchev–Trinajstić information content (AvgIpc) is 3.18. The van der Waals surface area contributed by atoms with Crippen molar-refractivity contribution in [1.29, 1.82) is 0 Å². The van der Waals surface area contributed by atoms with Crippen molar-refractivity contribution in [3.63, 3.8) is 0 Å². The van der Waals surface area contributed by atoms with Gasteiger partial charge in [-0.15, -0.1) is 0 Å². The molecule has 4 aromatic rings. The maximum atomic E-state index is 12.1. The predicted molar refractivity (Wildman–Crippen MR) is 112 cm³/mol. The molecule has 138 valence electrons. The smallest absolute Gasteiger partial charge is 0.257 e. The summed E-state index contributed by atoms with van der Waals surface area (Å²) in [4.78, 5) is 16.8. The zero-order valence-corrected chi connectivity index (χ0v) is 15.8. The molecule has 0 saturated heterocycles. The summed E-state index contributed by atoms with van der Waals surface area (Å²) in [5.74, 6) is 0.238. The normalized spacial score (nSPS) is 11.9. The SMILES string of the molecule is NC(=O)C(Sc1nc(-c2ccccc2)c(-c2ccccc2)o1)c1ccccc1. The molecule has 0 saturated carbocycles. The van der Waals surface area contributed by atoms with E-state index in [0.717, 1.165) is 22.4 Å². The first-order valence-corrected chi connectivity index (χ1v) is 9.73. The molecule has 0 aliphatic carbocycles. The van der Waals surface area contributed by atoms with Crippen LogP contribution in [0.5, 0.6) is 0 Å². The van der Waals surface area contributed by atoms with Crippen molar-refractivity contribution in [2.75, 3.05) is 0 Å². The van der Waals surface area contributed by atoms with Gasteiger partial charge < -0.3 is 10.2 Å². The third-order valence-corrected chi connectivity index (χ3v) is 5.39. The zero-order chi connectivity index (χ0) is 19.3. The summed E-state index contributed by atoms with van der Waals surface area (Å²) < 4.78 is 6.10. The number of hydrogen-bond acceptors (Lipinski definition) is 4. The molecular weight excluding hydrogens is 368 g/mol. The molecule has 4 rings (SSSR count). The molecule has 0 aliphatic heterocycles. The van der Waals surface area contributed by atoms with Gasteiger partial charge in [-0.2, -0.15) is 0 Å². The number of nitrogens with two attached hydrogens (primary N) is 1. The van der Waals surface area contributed by atoms with Crippen molar-refractivity contribution in [2.24, 2.45) is 5.73 Å². The number of thioether (sulfide) groups is 1. The summed E-state index contributed by atoms with van der Waals surface area (Å²) in [6, 6.07) is 29.1. The summed E-state index contributed by atoms with van der Waals surface area (Å²) in [6.07, 6.45) is 0. The van der Waals surface area contributed by atoms with Crippen LogP contribution in [0.25, 0.3) is 22.6 Å². The predicted octanol–water partition coefficient (Wildman–Crippen LogP) is 5.33. The minimum Gasteiger partial charge on any atom is -0.431 e. The fraction of sp³-hybridized carbons (Fsp3) is 0.0435. The standard InChI is InChI=1S/C23H18N2O2S/c24-22(26)21(18-14-8-3-9-15-18)28-23-25-19(16-10-4-1-5-11-16)20(27-23)17-12-6-2-7-13-17/h1-15,21H,(H2,24,26). The van der Waals surface area contributed by atoms with Crippen LogP contribution in [0.15, 0.2) is 101 Å². The van der Waals surface area contributed by atoms with Crippen LogP contribution < -0.4 is 5.73 Å². The Kier molecular flexibility index (Phi) is 5.26. The largest absolute Gasteiger partial charge is 0.431 e. The van der Waals surface area contributed by atoms with Crippen LogP contribution in [0.4, 0.5) is 0 Å². The number of primary amides is 1. The Morgan fingerprint density at radius 3 is 1.93 bits per heavy atom. The van der Waals surface area contributed by atoms with E-state index in [0.29, 0.717) is 11.0 Å². The number of amides is 1. The van der Waals surface area contributed by atoms with Gasteiger partial charge in [0.25, 0.3) is 5.22 Å². The van der Waals surface area contributed by atoms with E-state index >= 15 is 0 Å². The minimum atomic E-state index is -0.577. The summed E-state index contributed by atoms with van der Waals surface area (Å²) in [5, 5.41) is -0.169. The van der Waals surface area contributed by atoms with E-state index in [2.05, 4.69) is 0 Å². The Balaban J connectivity index is 1.76. The van der Waals surface area contributed by atoms with E-state index < -0.39 is 11.2 Å². The van der Waals surface area contributed by atoms with Gasteiger partial charge in [-0.25, -0.2) is 4.98 Å². The van der Waals surface area contributed by atoms with Gasteiger partial charge in [0.15, 0.2) is 5.76 Å². The lowest BCUT2D eigenvalue weighted by molar-refractivity contribution is -0.117. The fourth-order valence-electron chi connectivity index (χ4n) is 2.95. The highest BCUT2D eigenvalue weighted by Gasteiger charge is 2.24. The van der Waals surface area contributed by atoms with Crippen LogP contribution in [-0.2, 0) is 4.79 Å². The number of nitrogens with zero attached hydrogens (tertiary/aromatic N) is 1. The molecule has 1 amide bonds. The molecule has 0 aliphatic rings. The molecule has 1 aromatic heterocycles. The van der Waals surface area contributed by atoms with Gasteiger partial charge >= 0.3 is 0 Å². The molecule has 5 heteroatoms. The molecule has 4 nitrogen and oxygen atoms in total. The Hall–Kier alpha value is -3.31. The second kappa shape index (κ2) is 8.15. The highest BCUT2D eigenvalue weighted by Crippen LogP contribution is 2.40. The number of oxazole rings is 1. The second-order valence-electron chi connectivity index (χ2n) is 6.20. The minimum absolute atomic E-state index is 0.408. The first-order chi connectivity index (χ1) is 13.7. The number of aromatic nitrogens is 1. The maximum absolute atomic E-state index is 12.1. The van der Waals surface area contributed by atoms with Gasteiger partial charge in [-0.1, -0.05) is 91.0 Å². The van der Waals surface area contributed by atoms with Crippen LogP contribution in [0, 0.1) is 0 Å². The molecule has 3 aromatic carbocycles. The number of hydrogen-bond donors (Lipinski definition) is 1. The molecule has 1 atom stereocenters. The van der Waals surface area contributed by atoms with E-state index in [4.69, 9.17) is 15.1 Å². The van der Waals surface area contributed by atoms with Crippen molar-refractivity contribution in [2.45, 2.75) is 10.5 Å². The first kappa shape index (κ1) is 18.1. The van der Waals surface area contributed by atoms with Crippen LogP contribution in [0.2, 0.25) is 0 Å². The molecule has 2 N–H and O–H groups in total. The van der Waals surface area contributed by atoms with Gasteiger partial charge in [0.05, 0.1) is 0 Å². The van der Waals surface area contributed by atoms with Crippen LogP contribution in [0.3, 0.4) is 0 Å². The lowest BCUT2D eigenvalue weighted by Gasteiger charge is -2.10. The number of benzene rings is 3. The molecule has 1 heterocycles. The number of carbonyl (C=O) groups is 1. The molecular formula is C23H18N2O2S. The molecule has 1 unspecified atom stereocenters. The van der Waals surface area contributed by atoms with Gasteiger partial charge in [0.2, 0.25) is 5.91 Å². The maximum Gasteiger partial charge on any atom is 0.257 e. The Morgan fingerprint density at radius 1 is 0.821 bits per heavy atom. The molecule has 0 spiro atoms. The fourth-order valence-corrected chi connectivity index (χ4v) is 3.83. The Bertz CT molecular complexity index is 1010. The third-order valence-electron chi connectivity index (χ3n) is 4.27. The lowest BCUT2D eigenvalue weighted by atomic mass is 10.1.